The molecule has 2 atom stereocenters. The van der Waals surface area contributed by atoms with Gasteiger partial charge in [0, 0.05) is 19.5 Å². The van der Waals surface area contributed by atoms with Gasteiger partial charge in [-0.1, -0.05) is 5.16 Å². The van der Waals surface area contributed by atoms with Crippen LogP contribution in [0.5, 0.6) is 0 Å². The first-order valence-electron chi connectivity index (χ1n) is 7.66. The van der Waals surface area contributed by atoms with E-state index in [1.54, 1.807) is 6.92 Å². The number of aromatic nitrogens is 1. The van der Waals surface area contributed by atoms with Crippen LogP contribution in [0.2, 0.25) is 0 Å². The second-order valence-corrected chi connectivity index (χ2v) is 6.43. The predicted octanol–water partition coefficient (Wildman–Crippen LogP) is 1.21. The van der Waals surface area contributed by atoms with Gasteiger partial charge in [0.1, 0.15) is 11.8 Å². The van der Waals surface area contributed by atoms with E-state index < -0.39 is 0 Å². The van der Waals surface area contributed by atoms with Crippen molar-refractivity contribution in [2.24, 2.45) is 5.92 Å². The van der Waals surface area contributed by atoms with Crippen molar-refractivity contribution in [1.29, 1.82) is 0 Å². The summed E-state index contributed by atoms with van der Waals surface area (Å²) in [6, 6.07) is 0.236. The minimum absolute atomic E-state index is 0.0260. The molecule has 1 aromatic rings. The van der Waals surface area contributed by atoms with Gasteiger partial charge in [-0.05, 0) is 32.1 Å². The van der Waals surface area contributed by atoms with Gasteiger partial charge in [-0.25, -0.2) is 0 Å². The molecule has 1 saturated carbocycles. The Labute approximate surface area is 123 Å². The molecule has 4 rings (SSSR count). The van der Waals surface area contributed by atoms with Crippen LogP contribution in [0.25, 0.3) is 0 Å². The van der Waals surface area contributed by atoms with Crippen molar-refractivity contribution < 1.29 is 14.1 Å². The normalized spacial score (nSPS) is 28.3. The summed E-state index contributed by atoms with van der Waals surface area (Å²) < 4.78 is 4.87. The second kappa shape index (κ2) is 4.58. The molecule has 0 aromatic carbocycles. The molecule has 0 radical (unpaired) electrons. The molecule has 2 aliphatic heterocycles. The quantitative estimate of drug-likeness (QED) is 0.839. The van der Waals surface area contributed by atoms with Crippen LogP contribution in [-0.4, -0.2) is 51.9 Å². The maximum Gasteiger partial charge on any atom is 0.259 e. The van der Waals surface area contributed by atoms with Crippen molar-refractivity contribution in [3.8, 4) is 0 Å². The maximum atomic E-state index is 12.6. The molecular weight excluding hydrogens is 270 g/mol. The molecular formula is C15H19N3O3. The van der Waals surface area contributed by atoms with Gasteiger partial charge in [0.2, 0.25) is 5.91 Å². The first-order chi connectivity index (χ1) is 10.1. The zero-order chi connectivity index (χ0) is 14.6. The number of nitrogens with zero attached hydrogens (tertiary/aromatic N) is 3. The number of likely N-dealkylation sites (tertiary alicyclic amines) is 2. The Morgan fingerprint density at radius 3 is 2.86 bits per heavy atom. The third-order valence-electron chi connectivity index (χ3n) is 5.01. The average molecular weight is 289 g/mol. The fourth-order valence-corrected chi connectivity index (χ4v) is 3.65. The van der Waals surface area contributed by atoms with E-state index in [-0.39, 0.29) is 23.9 Å². The Bertz CT molecular complexity index is 593. The molecule has 112 valence electrons. The Morgan fingerprint density at radius 2 is 2.19 bits per heavy atom. The molecule has 6 heteroatoms. The molecule has 21 heavy (non-hydrogen) atoms. The van der Waals surface area contributed by atoms with Crippen molar-refractivity contribution in [2.75, 3.05) is 13.1 Å². The molecule has 0 bridgehead atoms. The van der Waals surface area contributed by atoms with Gasteiger partial charge in [-0.15, -0.1) is 0 Å². The van der Waals surface area contributed by atoms with Crippen LogP contribution >= 0.6 is 0 Å². The summed E-state index contributed by atoms with van der Waals surface area (Å²) in [5.41, 5.74) is 1.13. The van der Waals surface area contributed by atoms with Crippen molar-refractivity contribution in [3.63, 3.8) is 0 Å². The largest absolute Gasteiger partial charge is 0.364 e. The first-order valence-corrected chi connectivity index (χ1v) is 7.66. The molecule has 2 saturated heterocycles. The molecule has 3 heterocycles. The number of hydrogen-bond acceptors (Lipinski definition) is 4. The number of amides is 2. The minimum atomic E-state index is -0.0534. The summed E-state index contributed by atoms with van der Waals surface area (Å²) in [6.07, 6.45) is 5.24. The van der Waals surface area contributed by atoms with Crippen LogP contribution in [0.3, 0.4) is 0 Å². The lowest BCUT2D eigenvalue weighted by molar-refractivity contribution is -0.129. The van der Waals surface area contributed by atoms with Crippen molar-refractivity contribution in [1.82, 2.24) is 15.0 Å². The van der Waals surface area contributed by atoms with Gasteiger partial charge in [0.15, 0.2) is 0 Å². The van der Waals surface area contributed by atoms with Crippen LogP contribution in [-0.2, 0) is 4.79 Å². The summed E-state index contributed by atoms with van der Waals surface area (Å²) >= 11 is 0. The van der Waals surface area contributed by atoms with Gasteiger partial charge < -0.3 is 14.3 Å². The van der Waals surface area contributed by atoms with Gasteiger partial charge in [-0.2, -0.15) is 0 Å². The molecule has 3 aliphatic rings. The number of hydrogen-bond donors (Lipinski definition) is 0. The van der Waals surface area contributed by atoms with E-state index in [1.807, 2.05) is 9.80 Å². The third kappa shape index (κ3) is 2.04. The van der Waals surface area contributed by atoms with Crippen LogP contribution in [0.1, 0.15) is 41.7 Å². The smallest absolute Gasteiger partial charge is 0.259 e. The third-order valence-corrected chi connectivity index (χ3v) is 5.01. The fourth-order valence-electron chi connectivity index (χ4n) is 3.65. The molecule has 1 aliphatic carbocycles. The lowest BCUT2D eigenvalue weighted by atomic mass is 10.1. The van der Waals surface area contributed by atoms with E-state index in [1.165, 1.54) is 19.1 Å². The van der Waals surface area contributed by atoms with E-state index in [2.05, 4.69) is 5.16 Å². The number of carbonyl (C=O) groups excluding carboxylic acids is 2. The van der Waals surface area contributed by atoms with E-state index in [0.29, 0.717) is 30.1 Å². The monoisotopic (exact) mass is 289 g/mol. The molecule has 0 spiro atoms. The number of carbonyl (C=O) groups is 2. The Hall–Kier alpha value is -1.85. The van der Waals surface area contributed by atoms with E-state index in [9.17, 15) is 9.59 Å². The lowest BCUT2D eigenvalue weighted by Crippen LogP contribution is -2.40. The van der Waals surface area contributed by atoms with Gasteiger partial charge in [-0.3, -0.25) is 9.59 Å². The highest BCUT2D eigenvalue weighted by Crippen LogP contribution is 2.38. The Morgan fingerprint density at radius 1 is 1.38 bits per heavy atom. The molecule has 0 N–H and O–H groups in total. The lowest BCUT2D eigenvalue weighted by Gasteiger charge is -2.25. The van der Waals surface area contributed by atoms with Crippen LogP contribution in [0, 0.1) is 12.8 Å². The highest BCUT2D eigenvalue weighted by atomic mass is 16.5. The fraction of sp³-hybridized carbons (Fsp3) is 0.667. The van der Waals surface area contributed by atoms with Crippen LogP contribution in [0.4, 0.5) is 0 Å². The molecule has 1 aromatic heterocycles. The number of aryl methyl sites for hydroxylation is 1. The van der Waals surface area contributed by atoms with Gasteiger partial charge in [0.05, 0.1) is 17.8 Å². The van der Waals surface area contributed by atoms with Crippen LogP contribution < -0.4 is 0 Å². The molecule has 0 unspecified atom stereocenters. The highest BCUT2D eigenvalue weighted by molar-refractivity contribution is 5.96. The van der Waals surface area contributed by atoms with Gasteiger partial charge in [0.25, 0.3) is 5.91 Å². The minimum Gasteiger partial charge on any atom is -0.364 e. The SMILES string of the molecule is Cc1nocc1C(=O)N1CC[C@@H]2[C@@H]1CC(=O)N2CC1CC1. The highest BCUT2D eigenvalue weighted by Gasteiger charge is 2.49. The predicted molar refractivity (Wildman–Crippen MR) is 73.5 cm³/mol. The summed E-state index contributed by atoms with van der Waals surface area (Å²) in [7, 11) is 0. The zero-order valence-electron chi connectivity index (χ0n) is 12.1. The summed E-state index contributed by atoms with van der Waals surface area (Å²) in [5, 5.41) is 3.77. The summed E-state index contributed by atoms with van der Waals surface area (Å²) in [4.78, 5) is 28.7. The van der Waals surface area contributed by atoms with Gasteiger partial charge >= 0.3 is 0 Å². The Kier molecular flexibility index (Phi) is 2.80. The summed E-state index contributed by atoms with van der Waals surface area (Å²) in [6.45, 7) is 3.37. The molecule has 3 fully saturated rings. The molecule has 2 amide bonds. The first kappa shape index (κ1) is 12.9. The van der Waals surface area contributed by atoms with E-state index in [0.717, 1.165) is 13.0 Å². The average Bonchev–Trinajstić information content (AvgIpc) is 2.90. The maximum absolute atomic E-state index is 12.6. The standard InChI is InChI=1S/C15H19N3O3/c1-9-11(8-21-16-9)15(20)17-5-4-12-13(17)6-14(19)18(12)7-10-2-3-10/h8,10,12-13H,2-7H2,1H3/t12-,13+/m1/s1. The summed E-state index contributed by atoms with van der Waals surface area (Å²) in [5.74, 6) is 0.844. The van der Waals surface area contributed by atoms with E-state index >= 15 is 0 Å². The van der Waals surface area contributed by atoms with Crippen molar-refractivity contribution in [2.45, 2.75) is 44.7 Å². The van der Waals surface area contributed by atoms with E-state index in [4.69, 9.17) is 4.52 Å². The van der Waals surface area contributed by atoms with Crippen LogP contribution in [0.15, 0.2) is 10.8 Å². The number of fused-ring (bicyclic) bond motifs is 1. The molecule has 6 nitrogen and oxygen atoms in total. The van der Waals surface area contributed by atoms with Crippen molar-refractivity contribution >= 4 is 11.8 Å². The Balaban J connectivity index is 1.53. The topological polar surface area (TPSA) is 66.7 Å². The number of rotatable bonds is 3. The zero-order valence-corrected chi connectivity index (χ0v) is 12.1. The van der Waals surface area contributed by atoms with Crippen molar-refractivity contribution in [3.05, 3.63) is 17.5 Å². The second-order valence-electron chi connectivity index (χ2n) is 6.43.